The first-order chi connectivity index (χ1) is 18.3. The molecule has 2 N–H and O–H groups in total. The number of ether oxygens (including phenoxy) is 1. The summed E-state index contributed by atoms with van der Waals surface area (Å²) in [5.74, 6) is 0.938. The van der Waals surface area contributed by atoms with Crippen LogP contribution in [0.25, 0.3) is 17.1 Å². The second-order valence-corrected chi connectivity index (χ2v) is 10.5. The predicted molar refractivity (Wildman–Crippen MR) is 151 cm³/mol. The second-order valence-electron chi connectivity index (χ2n) is 9.55. The maximum absolute atomic E-state index is 12.5. The average molecular weight is 530 g/mol. The number of aromatic nitrogens is 3. The zero-order valence-corrected chi connectivity index (χ0v) is 22.7. The van der Waals surface area contributed by atoms with Gasteiger partial charge in [-0.1, -0.05) is 75.0 Å². The van der Waals surface area contributed by atoms with E-state index < -0.39 is 0 Å². The topological polar surface area (TPSA) is 102 Å². The number of para-hydroxylation sites is 1. The molecule has 3 aromatic carbocycles. The third-order valence-corrected chi connectivity index (χ3v) is 6.60. The number of phenols is 1. The molecule has 0 aliphatic rings. The number of nitrogens with one attached hydrogen (secondary N) is 1. The van der Waals surface area contributed by atoms with E-state index in [1.54, 1.807) is 12.1 Å². The van der Waals surface area contributed by atoms with Gasteiger partial charge in [0.25, 0.3) is 5.91 Å². The third-order valence-electron chi connectivity index (χ3n) is 5.68. The van der Waals surface area contributed by atoms with Crippen molar-refractivity contribution >= 4 is 23.9 Å². The molecule has 196 valence electrons. The summed E-state index contributed by atoms with van der Waals surface area (Å²) in [5, 5.41) is 23.3. The maximum Gasteiger partial charge on any atom is 0.250 e. The van der Waals surface area contributed by atoms with E-state index in [-0.39, 0.29) is 22.8 Å². The number of hydrogen-bond acceptors (Lipinski definition) is 7. The van der Waals surface area contributed by atoms with Gasteiger partial charge in [0.2, 0.25) is 0 Å². The van der Waals surface area contributed by atoms with Crippen LogP contribution in [0.4, 0.5) is 0 Å². The smallest absolute Gasteiger partial charge is 0.250 e. The minimum absolute atomic E-state index is 0.0519. The number of carbonyl (C=O) groups excluding carboxylic acids is 1. The lowest BCUT2D eigenvalue weighted by Crippen LogP contribution is -2.20. The van der Waals surface area contributed by atoms with E-state index in [0.717, 1.165) is 11.3 Å². The highest BCUT2D eigenvalue weighted by Crippen LogP contribution is 2.30. The quantitative estimate of drug-likeness (QED) is 0.167. The lowest BCUT2D eigenvalue weighted by atomic mass is 9.87. The van der Waals surface area contributed by atoms with Gasteiger partial charge in [-0.15, -0.1) is 10.2 Å². The van der Waals surface area contributed by atoms with Gasteiger partial charge < -0.3 is 9.84 Å². The van der Waals surface area contributed by atoms with Crippen LogP contribution in [0.2, 0.25) is 0 Å². The minimum atomic E-state index is -0.284. The molecule has 0 spiro atoms. The highest BCUT2D eigenvalue weighted by Gasteiger charge is 2.19. The fourth-order valence-electron chi connectivity index (χ4n) is 3.70. The van der Waals surface area contributed by atoms with E-state index >= 15 is 0 Å². The molecule has 4 aromatic rings. The summed E-state index contributed by atoms with van der Waals surface area (Å²) in [6, 6.07) is 23.0. The minimum Gasteiger partial charge on any atom is -0.504 e. The van der Waals surface area contributed by atoms with Crippen molar-refractivity contribution in [1.82, 2.24) is 20.2 Å². The molecule has 0 aliphatic carbocycles. The lowest BCUT2D eigenvalue weighted by molar-refractivity contribution is -0.118. The Morgan fingerprint density at radius 1 is 1.08 bits per heavy atom. The number of benzene rings is 3. The molecule has 1 amide bonds. The Morgan fingerprint density at radius 2 is 1.82 bits per heavy atom. The van der Waals surface area contributed by atoms with Crippen molar-refractivity contribution in [3.8, 4) is 28.6 Å². The summed E-state index contributed by atoms with van der Waals surface area (Å²) < 4.78 is 7.33. The van der Waals surface area contributed by atoms with Crippen molar-refractivity contribution < 1.29 is 14.6 Å². The van der Waals surface area contributed by atoms with Gasteiger partial charge in [0, 0.05) is 11.3 Å². The van der Waals surface area contributed by atoms with E-state index in [2.05, 4.69) is 65.8 Å². The van der Waals surface area contributed by atoms with Gasteiger partial charge >= 0.3 is 0 Å². The van der Waals surface area contributed by atoms with Crippen molar-refractivity contribution in [3.63, 3.8) is 0 Å². The van der Waals surface area contributed by atoms with Crippen LogP contribution in [0.5, 0.6) is 11.5 Å². The zero-order chi connectivity index (χ0) is 27.1. The van der Waals surface area contributed by atoms with Crippen molar-refractivity contribution in [1.29, 1.82) is 0 Å². The summed E-state index contributed by atoms with van der Waals surface area (Å²) >= 11 is 1.28. The normalized spacial score (nSPS) is 11.6. The highest BCUT2D eigenvalue weighted by atomic mass is 32.2. The van der Waals surface area contributed by atoms with Gasteiger partial charge in [0.1, 0.15) is 0 Å². The van der Waals surface area contributed by atoms with E-state index in [1.807, 2.05) is 41.8 Å². The largest absolute Gasteiger partial charge is 0.504 e. The molecule has 0 atom stereocenters. The number of thioether (sulfide) groups is 1. The summed E-state index contributed by atoms with van der Waals surface area (Å²) in [5.41, 5.74) is 6.36. The lowest BCUT2D eigenvalue weighted by Gasteiger charge is -2.19. The Morgan fingerprint density at radius 3 is 2.50 bits per heavy atom. The van der Waals surface area contributed by atoms with Crippen LogP contribution >= 0.6 is 11.8 Å². The van der Waals surface area contributed by atoms with E-state index in [1.165, 1.54) is 29.6 Å². The molecule has 0 aliphatic heterocycles. The molecule has 0 saturated heterocycles. The van der Waals surface area contributed by atoms with E-state index in [9.17, 15) is 9.90 Å². The zero-order valence-electron chi connectivity index (χ0n) is 21.9. The SMILES string of the molecule is CCOc1cc(/C=N/NC(=O)CSc2nnc(-c3ccc(C(C)(C)C)cc3)n2-c2ccccc2)ccc1O. The van der Waals surface area contributed by atoms with Crippen molar-refractivity contribution in [2.75, 3.05) is 12.4 Å². The Labute approximate surface area is 226 Å². The molecule has 1 heterocycles. The van der Waals surface area contributed by atoms with Crippen LogP contribution in [-0.4, -0.2) is 44.4 Å². The molecule has 9 heteroatoms. The standard InChI is InChI=1S/C29H31N5O3S/c1-5-37-25-17-20(11-16-24(25)35)18-30-31-26(36)19-38-28-33-32-27(34(28)23-9-7-6-8-10-23)21-12-14-22(15-13-21)29(2,3)4/h6-18,35H,5,19H2,1-4H3,(H,31,36)/b30-18+. The van der Waals surface area contributed by atoms with Crippen molar-refractivity contribution in [3.05, 3.63) is 83.9 Å². The summed E-state index contributed by atoms with van der Waals surface area (Å²) in [6.07, 6.45) is 1.50. The highest BCUT2D eigenvalue weighted by molar-refractivity contribution is 7.99. The third kappa shape index (κ3) is 6.60. The van der Waals surface area contributed by atoms with Crippen LogP contribution < -0.4 is 10.2 Å². The van der Waals surface area contributed by atoms with Crippen molar-refractivity contribution in [2.24, 2.45) is 5.10 Å². The van der Waals surface area contributed by atoms with Gasteiger partial charge in [-0.3, -0.25) is 9.36 Å². The predicted octanol–water partition coefficient (Wildman–Crippen LogP) is 5.58. The van der Waals surface area contributed by atoms with Gasteiger partial charge in [0.15, 0.2) is 22.5 Å². The number of hydrazone groups is 1. The molecule has 0 radical (unpaired) electrons. The monoisotopic (exact) mass is 529 g/mol. The van der Waals surface area contributed by atoms with E-state index in [4.69, 9.17) is 4.74 Å². The fourth-order valence-corrected chi connectivity index (χ4v) is 4.45. The average Bonchev–Trinajstić information content (AvgIpc) is 3.33. The van der Waals surface area contributed by atoms with Crippen LogP contribution in [-0.2, 0) is 10.2 Å². The number of carbonyl (C=O) groups is 1. The van der Waals surface area contributed by atoms with Crippen LogP contribution in [0.15, 0.2) is 83.1 Å². The first-order valence-electron chi connectivity index (χ1n) is 12.3. The van der Waals surface area contributed by atoms with Crippen molar-refractivity contribution in [2.45, 2.75) is 38.3 Å². The van der Waals surface area contributed by atoms with Gasteiger partial charge in [-0.05, 0) is 53.8 Å². The van der Waals surface area contributed by atoms with Gasteiger partial charge in [0.05, 0.1) is 18.6 Å². The number of amides is 1. The molecule has 4 rings (SSSR count). The summed E-state index contributed by atoms with van der Waals surface area (Å²) in [6.45, 7) is 8.81. The molecule has 8 nitrogen and oxygen atoms in total. The van der Waals surface area contributed by atoms with E-state index in [0.29, 0.717) is 28.9 Å². The van der Waals surface area contributed by atoms with Gasteiger partial charge in [-0.25, -0.2) is 5.43 Å². The molecule has 0 fully saturated rings. The van der Waals surface area contributed by atoms with Crippen LogP contribution in [0.1, 0.15) is 38.8 Å². The molecular formula is C29H31N5O3S. The number of rotatable bonds is 9. The number of nitrogens with zero attached hydrogens (tertiary/aromatic N) is 4. The second kappa shape index (κ2) is 12.0. The molecule has 38 heavy (non-hydrogen) atoms. The maximum atomic E-state index is 12.5. The molecule has 0 saturated carbocycles. The Kier molecular flexibility index (Phi) is 8.48. The van der Waals surface area contributed by atoms with Crippen LogP contribution in [0.3, 0.4) is 0 Å². The molecule has 0 bridgehead atoms. The number of aromatic hydroxyl groups is 1. The Bertz CT molecular complexity index is 1410. The summed E-state index contributed by atoms with van der Waals surface area (Å²) in [7, 11) is 0. The Balaban J connectivity index is 1.48. The first kappa shape index (κ1) is 26.9. The molecule has 1 aromatic heterocycles. The van der Waals surface area contributed by atoms with Gasteiger partial charge in [-0.2, -0.15) is 5.10 Å². The van der Waals surface area contributed by atoms with Crippen LogP contribution in [0, 0.1) is 0 Å². The first-order valence-corrected chi connectivity index (χ1v) is 13.3. The fraction of sp³-hybridized carbons (Fsp3) is 0.241. The molecular weight excluding hydrogens is 498 g/mol. The number of hydrogen-bond donors (Lipinski definition) is 2. The number of phenolic OH excluding ortho intramolecular Hbond substituents is 1. The molecule has 0 unspecified atom stereocenters. The summed E-state index contributed by atoms with van der Waals surface area (Å²) in [4.78, 5) is 12.5. The Hall–Kier alpha value is -4.11.